The molecule has 3 aromatic rings. The Hall–Kier alpha value is -2.89. The predicted molar refractivity (Wildman–Crippen MR) is 103 cm³/mol. The SMILES string of the molecule is C#CCn1c(=NC(=O)c2ccc(SC)cc2)sc2ccc([N+](=O)[O-])cc21. The highest BCUT2D eigenvalue weighted by atomic mass is 32.2. The van der Waals surface area contributed by atoms with Crippen molar-refractivity contribution in [3.63, 3.8) is 0 Å². The molecular formula is C18H13N3O3S2. The summed E-state index contributed by atoms with van der Waals surface area (Å²) in [7, 11) is 0. The molecule has 6 nitrogen and oxygen atoms in total. The highest BCUT2D eigenvalue weighted by Gasteiger charge is 2.13. The Kier molecular flexibility index (Phi) is 5.21. The van der Waals surface area contributed by atoms with Gasteiger partial charge in [0, 0.05) is 22.6 Å². The molecule has 0 radical (unpaired) electrons. The van der Waals surface area contributed by atoms with E-state index >= 15 is 0 Å². The van der Waals surface area contributed by atoms with Crippen molar-refractivity contribution < 1.29 is 9.72 Å². The van der Waals surface area contributed by atoms with E-state index in [1.165, 1.54) is 23.5 Å². The zero-order chi connectivity index (χ0) is 18.7. The van der Waals surface area contributed by atoms with E-state index in [1.54, 1.807) is 34.5 Å². The number of aromatic nitrogens is 1. The van der Waals surface area contributed by atoms with Crippen LogP contribution in [0, 0.1) is 22.5 Å². The van der Waals surface area contributed by atoms with E-state index in [-0.39, 0.29) is 18.1 Å². The smallest absolute Gasteiger partial charge is 0.279 e. The van der Waals surface area contributed by atoms with E-state index in [0.29, 0.717) is 15.9 Å². The average Bonchev–Trinajstić information content (AvgIpc) is 2.98. The summed E-state index contributed by atoms with van der Waals surface area (Å²) >= 11 is 2.86. The number of rotatable bonds is 4. The van der Waals surface area contributed by atoms with Crippen molar-refractivity contribution in [3.8, 4) is 12.3 Å². The minimum Gasteiger partial charge on any atom is -0.304 e. The van der Waals surface area contributed by atoms with Crippen molar-refractivity contribution in [3.05, 3.63) is 62.9 Å². The minimum atomic E-state index is -0.466. The first-order chi connectivity index (χ1) is 12.5. The fourth-order valence-corrected chi connectivity index (χ4v) is 3.80. The second-order valence-corrected chi connectivity index (χ2v) is 7.12. The quantitative estimate of drug-likeness (QED) is 0.298. The molecule has 1 aromatic heterocycles. The van der Waals surface area contributed by atoms with Crippen molar-refractivity contribution in [2.75, 3.05) is 6.26 Å². The van der Waals surface area contributed by atoms with Crippen LogP contribution in [-0.4, -0.2) is 21.7 Å². The standard InChI is InChI=1S/C18H13N3O3S2/c1-3-10-20-15-11-13(21(23)24)6-9-16(15)26-18(20)19-17(22)12-4-7-14(25-2)8-5-12/h1,4-9,11H,10H2,2H3. The highest BCUT2D eigenvalue weighted by Crippen LogP contribution is 2.23. The van der Waals surface area contributed by atoms with E-state index in [0.717, 1.165) is 9.60 Å². The van der Waals surface area contributed by atoms with E-state index in [4.69, 9.17) is 6.42 Å². The molecule has 8 heteroatoms. The van der Waals surface area contributed by atoms with Gasteiger partial charge in [0.05, 0.1) is 21.7 Å². The third-order valence-corrected chi connectivity index (χ3v) is 5.46. The molecule has 26 heavy (non-hydrogen) atoms. The summed E-state index contributed by atoms with van der Waals surface area (Å²) in [6, 6.07) is 11.7. The van der Waals surface area contributed by atoms with Gasteiger partial charge in [-0.15, -0.1) is 18.2 Å². The van der Waals surface area contributed by atoms with Gasteiger partial charge in [0.2, 0.25) is 0 Å². The molecule has 3 rings (SSSR count). The predicted octanol–water partition coefficient (Wildman–Crippen LogP) is 3.71. The molecule has 2 aromatic carbocycles. The Balaban J connectivity index is 2.11. The third kappa shape index (κ3) is 3.54. The average molecular weight is 383 g/mol. The number of thioether (sulfide) groups is 1. The molecule has 0 saturated heterocycles. The number of hydrogen-bond acceptors (Lipinski definition) is 5. The summed E-state index contributed by atoms with van der Waals surface area (Å²) in [5.41, 5.74) is 1.02. The van der Waals surface area contributed by atoms with Crippen molar-refractivity contribution in [1.29, 1.82) is 0 Å². The number of terminal acetylenes is 1. The van der Waals surface area contributed by atoms with Crippen LogP contribution in [0.1, 0.15) is 10.4 Å². The monoisotopic (exact) mass is 383 g/mol. The Labute approximate surface area is 157 Å². The molecule has 1 heterocycles. The van der Waals surface area contributed by atoms with Gasteiger partial charge in [-0.25, -0.2) is 0 Å². The largest absolute Gasteiger partial charge is 0.304 e. The number of nitro benzene ring substituents is 1. The fourth-order valence-electron chi connectivity index (χ4n) is 2.39. The molecule has 0 aliphatic heterocycles. The van der Waals surface area contributed by atoms with Crippen LogP contribution in [0.15, 0.2) is 52.4 Å². The number of non-ortho nitro benzene ring substituents is 1. The van der Waals surface area contributed by atoms with Crippen LogP contribution < -0.4 is 4.80 Å². The third-order valence-electron chi connectivity index (χ3n) is 3.66. The number of nitro groups is 1. The molecule has 0 aliphatic carbocycles. The zero-order valence-electron chi connectivity index (χ0n) is 13.7. The number of nitrogens with zero attached hydrogens (tertiary/aromatic N) is 3. The van der Waals surface area contributed by atoms with E-state index in [2.05, 4.69) is 10.9 Å². The van der Waals surface area contributed by atoms with E-state index in [1.807, 2.05) is 18.4 Å². The van der Waals surface area contributed by atoms with Gasteiger partial charge in [-0.3, -0.25) is 14.9 Å². The summed E-state index contributed by atoms with van der Waals surface area (Å²) in [6.07, 6.45) is 7.38. The van der Waals surface area contributed by atoms with Gasteiger partial charge in [0.1, 0.15) is 0 Å². The summed E-state index contributed by atoms with van der Waals surface area (Å²) < 4.78 is 2.41. The second-order valence-electron chi connectivity index (χ2n) is 5.23. The van der Waals surface area contributed by atoms with Crippen molar-refractivity contribution in [2.45, 2.75) is 11.4 Å². The summed E-state index contributed by atoms with van der Waals surface area (Å²) in [5, 5.41) is 11.0. The van der Waals surface area contributed by atoms with Crippen LogP contribution in [0.3, 0.4) is 0 Å². The summed E-state index contributed by atoms with van der Waals surface area (Å²) in [5.74, 6) is 2.12. The zero-order valence-corrected chi connectivity index (χ0v) is 15.3. The molecule has 0 spiro atoms. The number of fused-ring (bicyclic) bond motifs is 1. The van der Waals surface area contributed by atoms with E-state index in [9.17, 15) is 14.9 Å². The first kappa shape index (κ1) is 17.9. The van der Waals surface area contributed by atoms with Crippen LogP contribution in [0.25, 0.3) is 10.2 Å². The van der Waals surface area contributed by atoms with Gasteiger partial charge in [0.15, 0.2) is 4.80 Å². The molecule has 1 amide bonds. The molecule has 0 aliphatic rings. The highest BCUT2D eigenvalue weighted by molar-refractivity contribution is 7.98. The van der Waals surface area contributed by atoms with Gasteiger partial charge in [-0.1, -0.05) is 17.3 Å². The summed E-state index contributed by atoms with van der Waals surface area (Å²) in [6.45, 7) is 0.165. The molecular weight excluding hydrogens is 370 g/mol. The molecule has 0 bridgehead atoms. The van der Waals surface area contributed by atoms with Gasteiger partial charge in [-0.05, 0) is 36.6 Å². The van der Waals surface area contributed by atoms with Gasteiger partial charge < -0.3 is 4.57 Å². The van der Waals surface area contributed by atoms with E-state index < -0.39 is 4.92 Å². The molecule has 0 N–H and O–H groups in total. The number of benzene rings is 2. The number of amides is 1. The second kappa shape index (κ2) is 7.56. The minimum absolute atomic E-state index is 0.0356. The lowest BCUT2D eigenvalue weighted by Crippen LogP contribution is -2.16. The van der Waals surface area contributed by atoms with Gasteiger partial charge in [-0.2, -0.15) is 4.99 Å². The Morgan fingerprint density at radius 3 is 2.69 bits per heavy atom. The number of thiazole rings is 1. The lowest BCUT2D eigenvalue weighted by molar-refractivity contribution is -0.384. The lowest BCUT2D eigenvalue weighted by Gasteiger charge is -2.00. The van der Waals surface area contributed by atoms with Crippen molar-refractivity contribution >= 4 is 44.9 Å². The topological polar surface area (TPSA) is 77.5 Å². The molecule has 0 atom stereocenters. The van der Waals surface area contributed by atoms with Crippen molar-refractivity contribution in [1.82, 2.24) is 4.57 Å². The van der Waals surface area contributed by atoms with Gasteiger partial charge in [0.25, 0.3) is 11.6 Å². The maximum atomic E-state index is 12.5. The first-order valence-corrected chi connectivity index (χ1v) is 9.52. The number of hydrogen-bond donors (Lipinski definition) is 0. The Morgan fingerprint density at radius 2 is 2.08 bits per heavy atom. The van der Waals surface area contributed by atoms with Crippen molar-refractivity contribution in [2.24, 2.45) is 4.99 Å². The van der Waals surface area contributed by atoms with Crippen LogP contribution in [0.5, 0.6) is 0 Å². The maximum Gasteiger partial charge on any atom is 0.279 e. The Morgan fingerprint density at radius 1 is 1.35 bits per heavy atom. The van der Waals surface area contributed by atoms with Crippen LogP contribution in [0.4, 0.5) is 5.69 Å². The molecule has 0 fully saturated rings. The Bertz CT molecular complexity index is 1110. The van der Waals surface area contributed by atoms with Gasteiger partial charge >= 0.3 is 0 Å². The number of carbonyl (C=O) groups is 1. The first-order valence-electron chi connectivity index (χ1n) is 7.48. The molecule has 130 valence electrons. The normalized spacial score (nSPS) is 11.5. The van der Waals surface area contributed by atoms with Crippen LogP contribution in [-0.2, 0) is 6.54 Å². The molecule has 0 saturated carbocycles. The fraction of sp³-hybridized carbons (Fsp3) is 0.111. The van der Waals surface area contributed by atoms with Crippen LogP contribution >= 0.6 is 23.1 Å². The maximum absolute atomic E-state index is 12.5. The molecule has 0 unspecified atom stereocenters. The lowest BCUT2D eigenvalue weighted by atomic mass is 10.2. The summed E-state index contributed by atoms with van der Waals surface area (Å²) in [4.78, 5) is 28.7. The van der Waals surface area contributed by atoms with Crippen LogP contribution in [0.2, 0.25) is 0 Å². The number of carbonyl (C=O) groups excluding carboxylic acids is 1.